The standard InChI is InChI=1S/C14H12F3N5O2S/c1-7-5-10(21-24-7)18-12(23)8(2)25-13-20-19-11-4-3-9(6-22(11)13)14(15,16)17/h3-6,8H,1-2H3,(H,18,21,23)/t8-/m0/s1. The number of pyridine rings is 1. The summed E-state index contributed by atoms with van der Waals surface area (Å²) in [6, 6.07) is 3.71. The predicted molar refractivity (Wildman–Crippen MR) is 83.2 cm³/mol. The maximum absolute atomic E-state index is 12.8. The van der Waals surface area contributed by atoms with Crippen LogP contribution in [0.25, 0.3) is 5.65 Å². The molecule has 1 atom stereocenters. The van der Waals surface area contributed by atoms with Crippen LogP contribution in [0.1, 0.15) is 18.2 Å². The zero-order valence-corrected chi connectivity index (χ0v) is 13.9. The van der Waals surface area contributed by atoms with Crippen molar-refractivity contribution in [1.82, 2.24) is 19.8 Å². The van der Waals surface area contributed by atoms with Crippen LogP contribution < -0.4 is 5.32 Å². The van der Waals surface area contributed by atoms with Crippen molar-refractivity contribution in [2.45, 2.75) is 30.4 Å². The summed E-state index contributed by atoms with van der Waals surface area (Å²) in [4.78, 5) is 12.2. The van der Waals surface area contributed by atoms with Gasteiger partial charge in [-0.15, -0.1) is 10.2 Å². The number of nitrogens with zero attached hydrogens (tertiary/aromatic N) is 4. The first-order chi connectivity index (χ1) is 11.7. The lowest BCUT2D eigenvalue weighted by Gasteiger charge is -2.10. The van der Waals surface area contributed by atoms with Gasteiger partial charge in [0.15, 0.2) is 16.6 Å². The number of aromatic nitrogens is 4. The fraction of sp³-hybridized carbons (Fsp3) is 0.286. The second-order valence-electron chi connectivity index (χ2n) is 5.20. The molecular formula is C14H12F3N5O2S. The quantitative estimate of drug-likeness (QED) is 0.709. The molecule has 1 amide bonds. The van der Waals surface area contributed by atoms with Crippen LogP contribution in [0.2, 0.25) is 0 Å². The predicted octanol–water partition coefficient (Wildman–Crippen LogP) is 3.16. The first kappa shape index (κ1) is 17.3. The Bertz CT molecular complexity index is 921. The van der Waals surface area contributed by atoms with Crippen LogP contribution in [0.5, 0.6) is 0 Å². The molecule has 3 aromatic heterocycles. The lowest BCUT2D eigenvalue weighted by molar-refractivity contribution is -0.137. The minimum Gasteiger partial charge on any atom is -0.360 e. The van der Waals surface area contributed by atoms with E-state index in [-0.39, 0.29) is 22.5 Å². The average Bonchev–Trinajstić information content (AvgIpc) is 3.12. The van der Waals surface area contributed by atoms with Crippen LogP contribution in [0.3, 0.4) is 0 Å². The summed E-state index contributed by atoms with van der Waals surface area (Å²) in [6.07, 6.45) is -3.57. The highest BCUT2D eigenvalue weighted by molar-refractivity contribution is 8.00. The van der Waals surface area contributed by atoms with E-state index in [1.54, 1.807) is 19.9 Å². The van der Waals surface area contributed by atoms with Gasteiger partial charge < -0.3 is 9.84 Å². The third kappa shape index (κ3) is 3.76. The van der Waals surface area contributed by atoms with E-state index in [1.165, 1.54) is 10.5 Å². The van der Waals surface area contributed by atoms with Gasteiger partial charge in [0, 0.05) is 12.3 Å². The lowest BCUT2D eigenvalue weighted by atomic mass is 10.3. The third-order valence-electron chi connectivity index (χ3n) is 3.23. The average molecular weight is 371 g/mol. The number of fused-ring (bicyclic) bond motifs is 1. The van der Waals surface area contributed by atoms with Crippen LogP contribution >= 0.6 is 11.8 Å². The molecule has 7 nitrogen and oxygen atoms in total. The van der Waals surface area contributed by atoms with Crippen LogP contribution in [-0.2, 0) is 11.0 Å². The molecule has 0 aromatic carbocycles. The Morgan fingerprint density at radius 2 is 2.12 bits per heavy atom. The van der Waals surface area contributed by atoms with Gasteiger partial charge in [0.1, 0.15) is 5.76 Å². The maximum Gasteiger partial charge on any atom is 0.417 e. The zero-order chi connectivity index (χ0) is 18.2. The molecule has 1 N–H and O–H groups in total. The van der Waals surface area contributed by atoms with Gasteiger partial charge in [0.25, 0.3) is 0 Å². The first-order valence-electron chi connectivity index (χ1n) is 7.07. The van der Waals surface area contributed by atoms with Crippen molar-refractivity contribution >= 4 is 29.1 Å². The molecule has 0 aliphatic heterocycles. The van der Waals surface area contributed by atoms with Crippen molar-refractivity contribution < 1.29 is 22.5 Å². The number of nitrogens with one attached hydrogen (secondary N) is 1. The number of aryl methyl sites for hydroxylation is 1. The van der Waals surface area contributed by atoms with Crippen LogP contribution in [0, 0.1) is 6.92 Å². The smallest absolute Gasteiger partial charge is 0.360 e. The monoisotopic (exact) mass is 371 g/mol. The normalized spacial score (nSPS) is 13.2. The molecule has 25 heavy (non-hydrogen) atoms. The molecule has 0 aliphatic rings. The van der Waals surface area contributed by atoms with E-state index in [1.807, 2.05) is 0 Å². The van der Waals surface area contributed by atoms with Crippen molar-refractivity contribution in [3.8, 4) is 0 Å². The van der Waals surface area contributed by atoms with Gasteiger partial charge in [-0.2, -0.15) is 13.2 Å². The number of hydrogen-bond donors (Lipinski definition) is 1. The largest absolute Gasteiger partial charge is 0.417 e. The number of carbonyl (C=O) groups excluding carboxylic acids is 1. The first-order valence-corrected chi connectivity index (χ1v) is 7.95. The number of alkyl halides is 3. The van der Waals surface area contributed by atoms with Gasteiger partial charge in [-0.25, -0.2) is 0 Å². The summed E-state index contributed by atoms with van der Waals surface area (Å²) in [6.45, 7) is 3.28. The van der Waals surface area contributed by atoms with E-state index in [4.69, 9.17) is 4.52 Å². The van der Waals surface area contributed by atoms with E-state index >= 15 is 0 Å². The zero-order valence-electron chi connectivity index (χ0n) is 13.0. The summed E-state index contributed by atoms with van der Waals surface area (Å²) in [7, 11) is 0. The Morgan fingerprint density at radius 1 is 1.36 bits per heavy atom. The number of carbonyl (C=O) groups is 1. The van der Waals surface area contributed by atoms with E-state index in [2.05, 4.69) is 20.7 Å². The molecule has 132 valence electrons. The third-order valence-corrected chi connectivity index (χ3v) is 4.29. The SMILES string of the molecule is Cc1cc(NC(=O)[C@H](C)Sc2nnc3ccc(C(F)(F)F)cn23)no1. The molecule has 11 heteroatoms. The number of rotatable bonds is 4. The molecule has 3 rings (SSSR count). The van der Waals surface area contributed by atoms with Gasteiger partial charge in [0.2, 0.25) is 5.91 Å². The summed E-state index contributed by atoms with van der Waals surface area (Å²) in [5, 5.41) is 13.4. The molecule has 0 bridgehead atoms. The Kier molecular flexibility index (Phi) is 4.41. The van der Waals surface area contributed by atoms with E-state index in [9.17, 15) is 18.0 Å². The van der Waals surface area contributed by atoms with Gasteiger partial charge >= 0.3 is 6.18 Å². The highest BCUT2D eigenvalue weighted by Gasteiger charge is 2.31. The van der Waals surface area contributed by atoms with Crippen LogP contribution in [-0.4, -0.2) is 30.9 Å². The summed E-state index contributed by atoms with van der Waals surface area (Å²) in [5.74, 6) is 0.418. The van der Waals surface area contributed by atoms with E-state index in [0.717, 1.165) is 24.0 Å². The van der Waals surface area contributed by atoms with Crippen molar-refractivity contribution in [1.29, 1.82) is 0 Å². The van der Waals surface area contributed by atoms with Crippen molar-refractivity contribution in [3.63, 3.8) is 0 Å². The summed E-state index contributed by atoms with van der Waals surface area (Å²) in [5.41, 5.74) is -0.563. The maximum atomic E-state index is 12.8. The highest BCUT2D eigenvalue weighted by atomic mass is 32.2. The lowest BCUT2D eigenvalue weighted by Crippen LogP contribution is -2.22. The van der Waals surface area contributed by atoms with Gasteiger partial charge in [-0.3, -0.25) is 9.20 Å². The fourth-order valence-corrected chi connectivity index (χ4v) is 2.81. The number of amides is 1. The summed E-state index contributed by atoms with van der Waals surface area (Å²) >= 11 is 0.985. The molecule has 0 aliphatic carbocycles. The van der Waals surface area contributed by atoms with Gasteiger partial charge in [0.05, 0.1) is 10.8 Å². The number of hydrogen-bond acceptors (Lipinski definition) is 6. The van der Waals surface area contributed by atoms with Gasteiger partial charge in [-0.05, 0) is 26.0 Å². The number of thioether (sulfide) groups is 1. The molecule has 0 spiro atoms. The molecular weight excluding hydrogens is 359 g/mol. The molecule has 0 saturated carbocycles. The van der Waals surface area contributed by atoms with Gasteiger partial charge in [-0.1, -0.05) is 16.9 Å². The van der Waals surface area contributed by atoms with E-state index in [0.29, 0.717) is 5.76 Å². The van der Waals surface area contributed by atoms with Crippen molar-refractivity contribution in [2.75, 3.05) is 5.32 Å². The van der Waals surface area contributed by atoms with Crippen molar-refractivity contribution in [3.05, 3.63) is 35.7 Å². The fourth-order valence-electron chi connectivity index (χ4n) is 1.98. The number of anilines is 1. The molecule has 0 saturated heterocycles. The molecule has 0 fully saturated rings. The Morgan fingerprint density at radius 3 is 2.76 bits per heavy atom. The van der Waals surface area contributed by atoms with Crippen LogP contribution in [0.15, 0.2) is 34.1 Å². The molecule has 3 aromatic rings. The minimum absolute atomic E-state index is 0.181. The second kappa shape index (κ2) is 6.39. The van der Waals surface area contributed by atoms with Crippen molar-refractivity contribution in [2.24, 2.45) is 0 Å². The second-order valence-corrected chi connectivity index (χ2v) is 6.51. The molecule has 0 radical (unpaired) electrons. The van der Waals surface area contributed by atoms with Crippen LogP contribution in [0.4, 0.5) is 19.0 Å². The molecule has 0 unspecified atom stereocenters. The Labute approximate surface area is 143 Å². The Hall–Kier alpha value is -2.56. The van der Waals surface area contributed by atoms with E-state index < -0.39 is 17.0 Å². The Balaban J connectivity index is 1.78. The minimum atomic E-state index is -4.48. The molecule has 3 heterocycles. The number of halogens is 3. The summed E-state index contributed by atoms with van der Waals surface area (Å²) < 4.78 is 44.6. The topological polar surface area (TPSA) is 85.3 Å². The highest BCUT2D eigenvalue weighted by Crippen LogP contribution is 2.30.